The Hall–Kier alpha value is -1.69. The molecule has 156 valence electrons. The smallest absolute Gasteiger partial charge is 0.387 e. The highest BCUT2D eigenvalue weighted by Gasteiger charge is 2.11. The number of aliphatic imine (C=N–C) groups is 1. The van der Waals surface area contributed by atoms with E-state index in [1.807, 2.05) is 13.1 Å². The third-order valence-electron chi connectivity index (χ3n) is 3.59. The SMILES string of the molecule is CCNC(=NCc1cc(OC)ccc1OC(F)F)NCc1ncc(CC)s1.I. The summed E-state index contributed by atoms with van der Waals surface area (Å²) in [7, 11) is 1.51. The quantitative estimate of drug-likeness (QED) is 0.292. The monoisotopic (exact) mass is 526 g/mol. The van der Waals surface area contributed by atoms with Gasteiger partial charge in [0.2, 0.25) is 0 Å². The van der Waals surface area contributed by atoms with Crippen molar-refractivity contribution in [2.75, 3.05) is 13.7 Å². The number of methoxy groups -OCH3 is 1. The fraction of sp³-hybridized carbons (Fsp3) is 0.444. The van der Waals surface area contributed by atoms with Crippen LogP contribution in [0.1, 0.15) is 29.3 Å². The lowest BCUT2D eigenvalue weighted by Crippen LogP contribution is -2.36. The van der Waals surface area contributed by atoms with E-state index in [0.717, 1.165) is 11.4 Å². The van der Waals surface area contributed by atoms with Gasteiger partial charge in [-0.15, -0.1) is 35.3 Å². The van der Waals surface area contributed by atoms with Crippen molar-refractivity contribution in [3.63, 3.8) is 0 Å². The van der Waals surface area contributed by atoms with Crippen LogP contribution in [0, 0.1) is 0 Å². The van der Waals surface area contributed by atoms with Crippen LogP contribution < -0.4 is 20.1 Å². The van der Waals surface area contributed by atoms with Crippen LogP contribution in [0.25, 0.3) is 0 Å². The zero-order valence-corrected chi connectivity index (χ0v) is 19.1. The van der Waals surface area contributed by atoms with Gasteiger partial charge in [-0.25, -0.2) is 9.98 Å². The van der Waals surface area contributed by atoms with Gasteiger partial charge in [0.25, 0.3) is 0 Å². The number of hydrogen-bond acceptors (Lipinski definition) is 5. The molecule has 0 radical (unpaired) electrons. The second kappa shape index (κ2) is 12.7. The Morgan fingerprint density at radius 3 is 2.68 bits per heavy atom. The Morgan fingerprint density at radius 1 is 1.29 bits per heavy atom. The first-order valence-electron chi connectivity index (χ1n) is 8.63. The predicted octanol–water partition coefficient (Wildman–Crippen LogP) is 4.19. The molecule has 2 aromatic rings. The van der Waals surface area contributed by atoms with E-state index in [1.54, 1.807) is 23.5 Å². The maximum atomic E-state index is 12.6. The van der Waals surface area contributed by atoms with E-state index < -0.39 is 6.61 Å². The highest BCUT2D eigenvalue weighted by atomic mass is 127. The van der Waals surface area contributed by atoms with Gasteiger partial charge in [0.05, 0.1) is 20.2 Å². The maximum Gasteiger partial charge on any atom is 0.387 e. The number of guanidine groups is 1. The maximum absolute atomic E-state index is 12.6. The lowest BCUT2D eigenvalue weighted by atomic mass is 10.2. The van der Waals surface area contributed by atoms with Crippen molar-refractivity contribution < 1.29 is 18.3 Å². The van der Waals surface area contributed by atoms with Crippen molar-refractivity contribution in [3.05, 3.63) is 39.8 Å². The summed E-state index contributed by atoms with van der Waals surface area (Å²) in [5.41, 5.74) is 0.509. The topological polar surface area (TPSA) is 67.8 Å². The number of alkyl halides is 2. The number of aromatic nitrogens is 1. The van der Waals surface area contributed by atoms with Crippen LogP contribution in [-0.4, -0.2) is 31.2 Å². The van der Waals surface area contributed by atoms with Crippen molar-refractivity contribution >= 4 is 41.3 Å². The van der Waals surface area contributed by atoms with Crippen LogP contribution in [0.4, 0.5) is 8.78 Å². The third kappa shape index (κ3) is 7.74. The Kier molecular flexibility index (Phi) is 11.0. The second-order valence-corrected chi connectivity index (χ2v) is 6.67. The van der Waals surface area contributed by atoms with Crippen LogP contribution in [0.15, 0.2) is 29.4 Å². The van der Waals surface area contributed by atoms with Gasteiger partial charge < -0.3 is 20.1 Å². The van der Waals surface area contributed by atoms with Crippen LogP contribution >= 0.6 is 35.3 Å². The second-order valence-electron chi connectivity index (χ2n) is 5.47. The van der Waals surface area contributed by atoms with Crippen molar-refractivity contribution in [1.29, 1.82) is 0 Å². The summed E-state index contributed by atoms with van der Waals surface area (Å²) < 4.78 is 35.0. The number of thiazole rings is 1. The molecule has 0 aliphatic carbocycles. The molecule has 0 saturated carbocycles. The fourth-order valence-electron chi connectivity index (χ4n) is 2.28. The molecule has 0 amide bonds. The van der Waals surface area contributed by atoms with E-state index >= 15 is 0 Å². The Bertz CT molecular complexity index is 759. The minimum absolute atomic E-state index is 0. The fourth-order valence-corrected chi connectivity index (χ4v) is 3.08. The highest BCUT2D eigenvalue weighted by molar-refractivity contribution is 14.0. The normalized spacial score (nSPS) is 11.1. The zero-order valence-electron chi connectivity index (χ0n) is 16.0. The summed E-state index contributed by atoms with van der Waals surface area (Å²) in [5, 5.41) is 7.29. The van der Waals surface area contributed by atoms with E-state index in [-0.39, 0.29) is 36.3 Å². The zero-order chi connectivity index (χ0) is 19.6. The molecule has 28 heavy (non-hydrogen) atoms. The number of hydrogen-bond donors (Lipinski definition) is 2. The minimum Gasteiger partial charge on any atom is -0.497 e. The molecular formula is C18H25F2IN4O2S. The molecule has 0 atom stereocenters. The largest absolute Gasteiger partial charge is 0.497 e. The summed E-state index contributed by atoms with van der Waals surface area (Å²) in [4.78, 5) is 10.0. The highest BCUT2D eigenvalue weighted by Crippen LogP contribution is 2.26. The summed E-state index contributed by atoms with van der Waals surface area (Å²) in [6.07, 6.45) is 2.82. The molecular weight excluding hydrogens is 501 g/mol. The van der Waals surface area contributed by atoms with Crippen LogP contribution in [0.2, 0.25) is 0 Å². The first-order valence-corrected chi connectivity index (χ1v) is 9.44. The molecule has 10 heteroatoms. The van der Waals surface area contributed by atoms with E-state index in [2.05, 4.69) is 32.3 Å². The lowest BCUT2D eigenvalue weighted by molar-refractivity contribution is -0.0504. The van der Waals surface area contributed by atoms with Crippen molar-refractivity contribution in [2.45, 2.75) is 40.0 Å². The molecule has 0 spiro atoms. The first kappa shape index (κ1) is 24.3. The summed E-state index contributed by atoms with van der Waals surface area (Å²) in [6.45, 7) is 2.50. The van der Waals surface area contributed by atoms with Crippen LogP contribution in [0.5, 0.6) is 11.5 Å². The van der Waals surface area contributed by atoms with Gasteiger partial charge in [-0.3, -0.25) is 0 Å². The lowest BCUT2D eigenvalue weighted by Gasteiger charge is -2.13. The van der Waals surface area contributed by atoms with E-state index in [0.29, 0.717) is 30.4 Å². The van der Waals surface area contributed by atoms with Gasteiger partial charge in [0, 0.05) is 23.2 Å². The number of halogens is 3. The molecule has 0 aliphatic rings. The van der Waals surface area contributed by atoms with Crippen LogP contribution in [-0.2, 0) is 19.5 Å². The number of benzene rings is 1. The van der Waals surface area contributed by atoms with Crippen LogP contribution in [0.3, 0.4) is 0 Å². The molecule has 0 bridgehead atoms. The molecule has 0 unspecified atom stereocenters. The number of rotatable bonds is 9. The summed E-state index contributed by atoms with van der Waals surface area (Å²) >= 11 is 1.65. The van der Waals surface area contributed by atoms with Gasteiger partial charge in [0.1, 0.15) is 16.5 Å². The van der Waals surface area contributed by atoms with Crippen molar-refractivity contribution in [3.8, 4) is 11.5 Å². The molecule has 0 aliphatic heterocycles. The van der Waals surface area contributed by atoms with Gasteiger partial charge in [0.15, 0.2) is 5.96 Å². The van der Waals surface area contributed by atoms with Gasteiger partial charge >= 0.3 is 6.61 Å². The molecule has 0 fully saturated rings. The molecule has 2 rings (SSSR count). The van der Waals surface area contributed by atoms with Gasteiger partial charge in [-0.05, 0) is 31.5 Å². The van der Waals surface area contributed by atoms with Crippen molar-refractivity contribution in [2.24, 2.45) is 4.99 Å². The molecule has 1 heterocycles. The van der Waals surface area contributed by atoms with E-state index in [1.165, 1.54) is 18.1 Å². The van der Waals surface area contributed by atoms with Crippen molar-refractivity contribution in [1.82, 2.24) is 15.6 Å². The van der Waals surface area contributed by atoms with E-state index in [4.69, 9.17) is 4.74 Å². The molecule has 1 aromatic carbocycles. The first-order chi connectivity index (χ1) is 13.0. The average Bonchev–Trinajstić information content (AvgIpc) is 3.12. The number of aryl methyl sites for hydroxylation is 1. The molecule has 0 saturated heterocycles. The average molecular weight is 526 g/mol. The third-order valence-corrected chi connectivity index (χ3v) is 4.73. The Morgan fingerprint density at radius 2 is 2.07 bits per heavy atom. The number of ether oxygens (including phenoxy) is 2. The number of nitrogens with zero attached hydrogens (tertiary/aromatic N) is 2. The Labute approximate surface area is 184 Å². The number of nitrogens with one attached hydrogen (secondary N) is 2. The Balaban J connectivity index is 0.00000392. The minimum atomic E-state index is -2.90. The molecule has 1 aromatic heterocycles. The summed E-state index contributed by atoms with van der Waals surface area (Å²) in [6, 6.07) is 4.67. The molecule has 6 nitrogen and oxygen atoms in total. The molecule has 2 N–H and O–H groups in total. The predicted molar refractivity (Wildman–Crippen MR) is 118 cm³/mol. The van der Waals surface area contributed by atoms with E-state index in [9.17, 15) is 8.78 Å². The van der Waals surface area contributed by atoms with Gasteiger partial charge in [-0.1, -0.05) is 6.92 Å². The summed E-state index contributed by atoms with van der Waals surface area (Å²) in [5.74, 6) is 1.20. The van der Waals surface area contributed by atoms with Gasteiger partial charge in [-0.2, -0.15) is 8.78 Å². The standard InChI is InChI=1S/C18H24F2N4O2S.HI/c1-4-14-10-22-16(27-14)11-24-18(21-5-2)23-9-12-8-13(25-3)6-7-15(12)26-17(19)20;/h6-8,10,17H,4-5,9,11H2,1-3H3,(H2,21,23,24);1H.